The van der Waals surface area contributed by atoms with Crippen LogP contribution in [0.2, 0.25) is 0 Å². The number of fused-ring (bicyclic) bond motifs is 1. The number of nitrogens with one attached hydrogen (secondary N) is 1. The summed E-state index contributed by atoms with van der Waals surface area (Å²) in [6, 6.07) is 19.2. The third kappa shape index (κ3) is 3.03. The van der Waals surface area contributed by atoms with Gasteiger partial charge < -0.3 is 5.32 Å². The predicted molar refractivity (Wildman–Crippen MR) is 102 cm³/mol. The number of aromatic nitrogens is 1. The molecule has 2 heterocycles. The highest BCUT2D eigenvalue weighted by molar-refractivity contribution is 7.21. The lowest BCUT2D eigenvalue weighted by Crippen LogP contribution is -2.11. The van der Waals surface area contributed by atoms with E-state index in [0.29, 0.717) is 16.1 Å². The number of rotatable bonds is 3. The van der Waals surface area contributed by atoms with Gasteiger partial charge in [0.05, 0.1) is 21.5 Å². The highest BCUT2D eigenvalue weighted by atomic mass is 32.1. The fourth-order valence-corrected chi connectivity index (χ4v) is 4.16. The third-order valence-electron chi connectivity index (χ3n) is 3.67. The van der Waals surface area contributed by atoms with Crippen molar-refractivity contribution in [2.24, 2.45) is 0 Å². The van der Waals surface area contributed by atoms with E-state index in [4.69, 9.17) is 5.26 Å². The molecule has 0 aliphatic carbocycles. The summed E-state index contributed by atoms with van der Waals surface area (Å²) in [7, 11) is 0. The Bertz CT molecular complexity index is 1090. The van der Waals surface area contributed by atoms with Crippen molar-refractivity contribution in [2.45, 2.75) is 0 Å². The number of hydrogen-bond acceptors (Lipinski definition) is 5. The normalized spacial score (nSPS) is 10.5. The van der Waals surface area contributed by atoms with Gasteiger partial charge in [0.2, 0.25) is 0 Å². The molecular formula is C19H11N3OS2. The summed E-state index contributed by atoms with van der Waals surface area (Å²) in [6.45, 7) is 0. The summed E-state index contributed by atoms with van der Waals surface area (Å²) in [5, 5.41) is 14.4. The smallest absolute Gasteiger partial charge is 0.256 e. The van der Waals surface area contributed by atoms with Gasteiger partial charge in [0.25, 0.3) is 5.91 Å². The molecule has 2 aromatic heterocycles. The van der Waals surface area contributed by atoms with Crippen LogP contribution in [-0.4, -0.2) is 10.9 Å². The van der Waals surface area contributed by atoms with Crippen LogP contribution in [0.15, 0.2) is 60.0 Å². The lowest BCUT2D eigenvalue weighted by atomic mass is 10.1. The molecule has 0 aliphatic heterocycles. The van der Waals surface area contributed by atoms with E-state index in [1.807, 2.05) is 54.6 Å². The molecule has 0 saturated carbocycles. The average Bonchev–Trinajstić information content (AvgIpc) is 3.29. The van der Waals surface area contributed by atoms with Crippen molar-refractivity contribution in [3.05, 3.63) is 70.4 Å². The second-order valence-corrected chi connectivity index (χ2v) is 7.24. The number of hydrogen-bond donors (Lipinski definition) is 1. The molecule has 25 heavy (non-hydrogen) atoms. The van der Waals surface area contributed by atoms with Crippen LogP contribution in [0.25, 0.3) is 20.8 Å². The molecule has 4 aromatic rings. The maximum atomic E-state index is 12.5. The van der Waals surface area contributed by atoms with Crippen LogP contribution < -0.4 is 5.32 Å². The van der Waals surface area contributed by atoms with Crippen molar-refractivity contribution < 1.29 is 4.79 Å². The molecule has 0 aliphatic rings. The molecule has 0 bridgehead atoms. The van der Waals surface area contributed by atoms with E-state index >= 15 is 0 Å². The van der Waals surface area contributed by atoms with Crippen LogP contribution in [0.5, 0.6) is 0 Å². The monoisotopic (exact) mass is 361 g/mol. The van der Waals surface area contributed by atoms with E-state index in [-0.39, 0.29) is 5.91 Å². The fourth-order valence-electron chi connectivity index (χ4n) is 2.47. The van der Waals surface area contributed by atoms with Gasteiger partial charge in [-0.3, -0.25) is 4.79 Å². The van der Waals surface area contributed by atoms with Crippen molar-refractivity contribution in [1.82, 2.24) is 4.98 Å². The Balaban J connectivity index is 1.69. The minimum Gasteiger partial charge on any atom is -0.321 e. The lowest BCUT2D eigenvalue weighted by molar-refractivity contribution is 0.102. The highest BCUT2D eigenvalue weighted by Crippen LogP contribution is 2.34. The zero-order valence-electron chi connectivity index (χ0n) is 12.9. The van der Waals surface area contributed by atoms with E-state index in [9.17, 15) is 4.79 Å². The summed E-state index contributed by atoms with van der Waals surface area (Å²) in [5.41, 5.74) is 3.02. The van der Waals surface area contributed by atoms with Gasteiger partial charge in [0.1, 0.15) is 16.0 Å². The van der Waals surface area contributed by atoms with E-state index in [2.05, 4.69) is 10.3 Å². The first-order chi connectivity index (χ1) is 12.2. The maximum Gasteiger partial charge on any atom is 0.256 e. The van der Waals surface area contributed by atoms with E-state index in [1.54, 1.807) is 22.8 Å². The summed E-state index contributed by atoms with van der Waals surface area (Å²) in [5.74, 6) is -0.230. The number of amides is 1. The molecule has 0 fully saturated rings. The highest BCUT2D eigenvalue weighted by Gasteiger charge is 2.14. The van der Waals surface area contributed by atoms with E-state index in [0.717, 1.165) is 20.8 Å². The summed E-state index contributed by atoms with van der Waals surface area (Å²) in [6.07, 6.45) is 0. The van der Waals surface area contributed by atoms with E-state index in [1.165, 1.54) is 11.3 Å². The minimum absolute atomic E-state index is 0.230. The van der Waals surface area contributed by atoms with Crippen molar-refractivity contribution in [3.63, 3.8) is 0 Å². The predicted octanol–water partition coefficient (Wildman–Crippen LogP) is 5.15. The maximum absolute atomic E-state index is 12.5. The molecule has 2 aromatic carbocycles. The number of para-hydroxylation sites is 2. The van der Waals surface area contributed by atoms with Crippen LogP contribution in [0.3, 0.4) is 0 Å². The zero-order chi connectivity index (χ0) is 17.2. The Morgan fingerprint density at radius 3 is 2.72 bits per heavy atom. The fraction of sp³-hybridized carbons (Fsp3) is 0. The molecule has 6 heteroatoms. The molecule has 0 saturated heterocycles. The Hall–Kier alpha value is -3.01. The van der Waals surface area contributed by atoms with Crippen LogP contribution >= 0.6 is 22.7 Å². The van der Waals surface area contributed by atoms with Crippen LogP contribution in [0.4, 0.5) is 5.69 Å². The molecule has 0 unspecified atom stereocenters. The average molecular weight is 361 g/mol. The lowest BCUT2D eigenvalue weighted by Gasteiger charge is -2.08. The first-order valence-corrected chi connectivity index (χ1v) is 9.19. The van der Waals surface area contributed by atoms with Crippen molar-refractivity contribution >= 4 is 44.5 Å². The Labute approximate surface area is 152 Å². The topological polar surface area (TPSA) is 65.8 Å². The standard InChI is InChI=1S/C19H11N3OS2/c20-10-13-9-12(11-24-13)18(23)21-15-6-2-1-5-14(15)19-22-16-7-3-4-8-17(16)25-19/h1-9,11H,(H,21,23). The third-order valence-corrected chi connectivity index (χ3v) is 5.58. The number of nitriles is 1. The van der Waals surface area contributed by atoms with Gasteiger partial charge in [0, 0.05) is 10.9 Å². The van der Waals surface area contributed by atoms with Crippen LogP contribution in [0, 0.1) is 11.3 Å². The number of thiazole rings is 1. The first kappa shape index (κ1) is 15.5. The number of nitrogens with zero attached hydrogens (tertiary/aromatic N) is 2. The van der Waals surface area contributed by atoms with Gasteiger partial charge in [-0.25, -0.2) is 4.98 Å². The summed E-state index contributed by atoms with van der Waals surface area (Å²) in [4.78, 5) is 17.7. The Morgan fingerprint density at radius 1 is 1.12 bits per heavy atom. The van der Waals surface area contributed by atoms with Crippen molar-refractivity contribution in [2.75, 3.05) is 5.32 Å². The molecule has 120 valence electrons. The Morgan fingerprint density at radius 2 is 1.92 bits per heavy atom. The number of thiophene rings is 1. The molecular weight excluding hydrogens is 350 g/mol. The number of anilines is 1. The number of carbonyl (C=O) groups excluding carboxylic acids is 1. The molecule has 4 rings (SSSR count). The Kier molecular flexibility index (Phi) is 4.02. The largest absolute Gasteiger partial charge is 0.321 e. The molecule has 1 amide bonds. The van der Waals surface area contributed by atoms with Gasteiger partial charge in [-0.15, -0.1) is 22.7 Å². The van der Waals surface area contributed by atoms with Gasteiger partial charge in [-0.1, -0.05) is 24.3 Å². The van der Waals surface area contributed by atoms with Crippen LogP contribution in [-0.2, 0) is 0 Å². The van der Waals surface area contributed by atoms with Crippen molar-refractivity contribution in [1.29, 1.82) is 5.26 Å². The number of benzene rings is 2. The first-order valence-electron chi connectivity index (χ1n) is 7.49. The minimum atomic E-state index is -0.230. The van der Waals surface area contributed by atoms with Crippen molar-refractivity contribution in [3.8, 4) is 16.6 Å². The molecule has 1 N–H and O–H groups in total. The molecule has 0 spiro atoms. The van der Waals surface area contributed by atoms with Crippen LogP contribution in [0.1, 0.15) is 15.2 Å². The second kappa shape index (κ2) is 6.48. The van der Waals surface area contributed by atoms with Gasteiger partial charge >= 0.3 is 0 Å². The quantitative estimate of drug-likeness (QED) is 0.549. The summed E-state index contributed by atoms with van der Waals surface area (Å²) >= 11 is 2.85. The van der Waals surface area contributed by atoms with Gasteiger partial charge in [0.15, 0.2) is 0 Å². The van der Waals surface area contributed by atoms with Gasteiger partial charge in [-0.05, 0) is 30.3 Å². The SMILES string of the molecule is N#Cc1cc(C(=O)Nc2ccccc2-c2nc3ccccc3s2)cs1. The molecule has 4 nitrogen and oxygen atoms in total. The second-order valence-electron chi connectivity index (χ2n) is 5.30. The van der Waals surface area contributed by atoms with E-state index < -0.39 is 0 Å². The molecule has 0 atom stereocenters. The zero-order valence-corrected chi connectivity index (χ0v) is 14.5. The number of carbonyl (C=O) groups is 1. The molecule has 0 radical (unpaired) electrons. The summed E-state index contributed by atoms with van der Waals surface area (Å²) < 4.78 is 1.11. The van der Waals surface area contributed by atoms with Gasteiger partial charge in [-0.2, -0.15) is 5.26 Å².